The van der Waals surface area contributed by atoms with Crippen LogP contribution in [0.25, 0.3) is 11.2 Å². The molecule has 3 atom stereocenters. The van der Waals surface area contributed by atoms with Gasteiger partial charge in [-0.15, -0.1) is 0 Å². The summed E-state index contributed by atoms with van der Waals surface area (Å²) in [6, 6.07) is 0. The van der Waals surface area contributed by atoms with Crippen LogP contribution in [0.2, 0.25) is 0 Å². The van der Waals surface area contributed by atoms with Crippen molar-refractivity contribution in [3.63, 3.8) is 0 Å². The molecular weight excluding hydrogens is 477 g/mol. The third kappa shape index (κ3) is 5.10. The Morgan fingerprint density at radius 3 is 2.50 bits per heavy atom. The van der Waals surface area contributed by atoms with Gasteiger partial charge in [-0.05, 0) is 0 Å². The van der Waals surface area contributed by atoms with E-state index in [0.717, 1.165) is 24.6 Å². The highest BCUT2D eigenvalue weighted by Crippen LogP contribution is 2.39. The zero-order valence-corrected chi connectivity index (χ0v) is 17.8. The van der Waals surface area contributed by atoms with Gasteiger partial charge in [-0.25, -0.2) is 14.3 Å². The summed E-state index contributed by atoms with van der Waals surface area (Å²) in [5.41, 5.74) is 4.09. The summed E-state index contributed by atoms with van der Waals surface area (Å²) >= 11 is 0. The molecule has 1 aliphatic rings. The lowest BCUT2D eigenvalue weighted by atomic mass is 10.2. The molecule has 0 aromatic carbocycles. The summed E-state index contributed by atoms with van der Waals surface area (Å²) in [4.78, 5) is 43.4. The number of imidazole rings is 1. The first kappa shape index (κ1) is 25.3. The number of nitrogen functional groups attached to an aromatic ring is 1. The van der Waals surface area contributed by atoms with Crippen LogP contribution in [0.4, 0.5) is 27.9 Å². The first-order valence-electron chi connectivity index (χ1n) is 9.85. The normalized spacial score (nSPS) is 21.1. The van der Waals surface area contributed by atoms with Crippen molar-refractivity contribution in [1.82, 2.24) is 19.1 Å². The van der Waals surface area contributed by atoms with E-state index >= 15 is 0 Å². The van der Waals surface area contributed by atoms with E-state index in [9.17, 15) is 36.3 Å². The number of carbonyl (C=O) groups is 2. The minimum atomic E-state index is -5.81. The molecule has 0 bridgehead atoms. The van der Waals surface area contributed by atoms with Crippen LogP contribution in [0.1, 0.15) is 32.9 Å². The molecule has 3 heterocycles. The largest absolute Gasteiger partial charge is 0.463 e. The molecule has 2 N–H and O–H groups in total. The summed E-state index contributed by atoms with van der Waals surface area (Å²) < 4.78 is 82.1. The topological polar surface area (TPSA) is 141 Å². The van der Waals surface area contributed by atoms with Gasteiger partial charge < -0.3 is 19.9 Å². The van der Waals surface area contributed by atoms with Crippen LogP contribution in [0.5, 0.6) is 0 Å². The zero-order valence-electron chi connectivity index (χ0n) is 17.8. The molecule has 16 heteroatoms. The minimum Gasteiger partial charge on any atom is -0.463 e. The average Bonchev–Trinajstić information content (AvgIpc) is 3.20. The van der Waals surface area contributed by atoms with Crippen molar-refractivity contribution in [3.05, 3.63) is 16.7 Å². The first-order valence-corrected chi connectivity index (χ1v) is 9.85. The van der Waals surface area contributed by atoms with E-state index in [-0.39, 0.29) is 30.1 Å². The maximum Gasteiger partial charge on any atom is 0.453 e. The monoisotopic (exact) mass is 497 g/mol. The Labute approximate surface area is 187 Å². The SMILES string of the molecule is CC(=O)OC[C@@H]1C[C@@H](OC(C)=O)[C@H](n2c(=O)n(CCC(F)(F)C(F)(F)F)c3cnc(N)nc32)O1. The molecule has 2 aromatic rings. The number of hydrogen-bond donors (Lipinski definition) is 1. The third-order valence-corrected chi connectivity index (χ3v) is 4.98. The number of fused-ring (bicyclic) bond motifs is 1. The number of ether oxygens (including phenoxy) is 3. The number of nitrogens with zero attached hydrogens (tertiary/aromatic N) is 4. The summed E-state index contributed by atoms with van der Waals surface area (Å²) in [6.07, 6.45) is -9.84. The summed E-state index contributed by atoms with van der Waals surface area (Å²) in [7, 11) is 0. The van der Waals surface area contributed by atoms with Crippen molar-refractivity contribution in [3.8, 4) is 0 Å². The molecule has 3 rings (SSSR count). The van der Waals surface area contributed by atoms with E-state index in [1.54, 1.807) is 0 Å². The smallest absolute Gasteiger partial charge is 0.453 e. The molecule has 2 aromatic heterocycles. The lowest BCUT2D eigenvalue weighted by Gasteiger charge is -2.20. The maximum atomic E-state index is 13.5. The Morgan fingerprint density at radius 2 is 1.91 bits per heavy atom. The number of aryl methyl sites for hydroxylation is 1. The molecule has 0 saturated carbocycles. The van der Waals surface area contributed by atoms with Gasteiger partial charge >= 0.3 is 29.7 Å². The van der Waals surface area contributed by atoms with Crippen molar-refractivity contribution < 1.29 is 45.8 Å². The molecule has 11 nitrogen and oxygen atoms in total. The molecule has 0 spiro atoms. The number of alkyl halides is 5. The molecule has 1 aliphatic heterocycles. The Morgan fingerprint density at radius 1 is 1.24 bits per heavy atom. The van der Waals surface area contributed by atoms with Crippen LogP contribution in [-0.2, 0) is 30.3 Å². The Kier molecular flexibility index (Phi) is 6.82. The second kappa shape index (κ2) is 9.15. The fourth-order valence-corrected chi connectivity index (χ4v) is 3.49. The van der Waals surface area contributed by atoms with E-state index in [2.05, 4.69) is 9.97 Å². The Bertz CT molecular complexity index is 1150. The number of esters is 2. The van der Waals surface area contributed by atoms with Gasteiger partial charge in [0.1, 0.15) is 18.2 Å². The predicted molar refractivity (Wildman–Crippen MR) is 103 cm³/mol. The highest BCUT2D eigenvalue weighted by molar-refractivity contribution is 5.72. The van der Waals surface area contributed by atoms with Gasteiger partial charge in [-0.2, -0.15) is 26.9 Å². The molecule has 34 heavy (non-hydrogen) atoms. The van der Waals surface area contributed by atoms with E-state index in [0.29, 0.717) is 4.57 Å². The number of hydrogen-bond acceptors (Lipinski definition) is 9. The van der Waals surface area contributed by atoms with Crippen LogP contribution in [0.3, 0.4) is 0 Å². The number of anilines is 1. The Balaban J connectivity index is 2.04. The standard InChI is InChI=1S/C18H20F5N5O6/c1-8(29)32-7-10-5-12(33-9(2)30)14(34-10)28-13-11(6-25-15(24)26-13)27(16(28)31)4-3-17(19,20)18(21,22)23/h6,10,12,14H,3-5,7H2,1-2H3,(H2,24,25,26)/t10-,12+,14+/m0/s1. The molecule has 188 valence electrons. The van der Waals surface area contributed by atoms with Gasteiger partial charge in [-0.1, -0.05) is 0 Å². The van der Waals surface area contributed by atoms with Crippen molar-refractivity contribution in [1.29, 1.82) is 0 Å². The van der Waals surface area contributed by atoms with E-state index in [1.165, 1.54) is 0 Å². The van der Waals surface area contributed by atoms with Gasteiger partial charge in [0.2, 0.25) is 5.95 Å². The average molecular weight is 497 g/mol. The molecule has 1 saturated heterocycles. The Hall–Kier alpha value is -3.30. The number of nitrogens with two attached hydrogens (primary N) is 1. The zero-order chi connectivity index (χ0) is 25.4. The van der Waals surface area contributed by atoms with Gasteiger partial charge in [0, 0.05) is 33.2 Å². The van der Waals surface area contributed by atoms with Crippen LogP contribution < -0.4 is 11.4 Å². The first-order chi connectivity index (χ1) is 15.7. The van der Waals surface area contributed by atoms with Crippen molar-refractivity contribution >= 4 is 29.1 Å². The number of aromatic nitrogens is 4. The second-order valence-electron chi connectivity index (χ2n) is 7.53. The fourth-order valence-electron chi connectivity index (χ4n) is 3.49. The van der Waals surface area contributed by atoms with E-state index in [4.69, 9.17) is 19.9 Å². The number of carbonyl (C=O) groups excluding carboxylic acids is 2. The van der Waals surface area contributed by atoms with Crippen LogP contribution in [0.15, 0.2) is 11.0 Å². The number of rotatable bonds is 7. The molecule has 0 radical (unpaired) electrons. The second-order valence-corrected chi connectivity index (χ2v) is 7.53. The molecule has 0 aliphatic carbocycles. The lowest BCUT2D eigenvalue weighted by molar-refractivity contribution is -0.285. The minimum absolute atomic E-state index is 0.0106. The van der Waals surface area contributed by atoms with E-state index < -0.39 is 61.1 Å². The molecule has 0 amide bonds. The maximum absolute atomic E-state index is 13.5. The van der Waals surface area contributed by atoms with Gasteiger partial charge in [0.05, 0.1) is 12.3 Å². The van der Waals surface area contributed by atoms with Crippen molar-refractivity contribution in [2.45, 2.75) is 63.8 Å². The molecule has 0 unspecified atom stereocenters. The van der Waals surface area contributed by atoms with Crippen LogP contribution >= 0.6 is 0 Å². The van der Waals surface area contributed by atoms with Crippen molar-refractivity contribution in [2.75, 3.05) is 12.3 Å². The van der Waals surface area contributed by atoms with Crippen LogP contribution in [0, 0.1) is 0 Å². The summed E-state index contributed by atoms with van der Waals surface area (Å²) in [5.74, 6) is -6.73. The highest BCUT2D eigenvalue weighted by atomic mass is 19.4. The third-order valence-electron chi connectivity index (χ3n) is 4.98. The summed E-state index contributed by atoms with van der Waals surface area (Å²) in [5, 5.41) is 0. The fraction of sp³-hybridized carbons (Fsp3) is 0.611. The molecular formula is C18H20F5N5O6. The van der Waals surface area contributed by atoms with Gasteiger partial charge in [0.25, 0.3) is 0 Å². The summed E-state index contributed by atoms with van der Waals surface area (Å²) in [6.45, 7) is 0.974. The molecule has 1 fully saturated rings. The number of halogens is 5. The van der Waals surface area contributed by atoms with Gasteiger partial charge in [-0.3, -0.25) is 14.2 Å². The lowest BCUT2D eigenvalue weighted by Crippen LogP contribution is -2.39. The highest BCUT2D eigenvalue weighted by Gasteiger charge is 2.57. The van der Waals surface area contributed by atoms with E-state index in [1.807, 2.05) is 0 Å². The van der Waals surface area contributed by atoms with Crippen LogP contribution in [-0.4, -0.2) is 62.0 Å². The quantitative estimate of drug-likeness (QED) is 0.446. The predicted octanol–water partition coefficient (Wildman–Crippen LogP) is 1.55. The van der Waals surface area contributed by atoms with Crippen molar-refractivity contribution in [2.24, 2.45) is 0 Å². The van der Waals surface area contributed by atoms with Gasteiger partial charge in [0.15, 0.2) is 11.9 Å².